The number of hydrogen-bond donors (Lipinski definition) is 0. The van der Waals surface area contributed by atoms with Crippen molar-refractivity contribution in [3.05, 3.63) is 94.1 Å². The van der Waals surface area contributed by atoms with Crippen molar-refractivity contribution in [1.82, 2.24) is 19.9 Å². The molecule has 5 rings (SSSR count). The van der Waals surface area contributed by atoms with Gasteiger partial charge in [-0.05, 0) is 25.7 Å². The molecular weight excluding hydrogens is 352 g/mol. The van der Waals surface area contributed by atoms with Crippen molar-refractivity contribution >= 4 is 0 Å². The van der Waals surface area contributed by atoms with E-state index in [2.05, 4.69) is 48.5 Å². The molecule has 0 unspecified atom stereocenters. The largest absolute Gasteiger partial charge is 4.00 e. The molecule has 124 valence electrons. The summed E-state index contributed by atoms with van der Waals surface area (Å²) in [5.74, 6) is 0. The number of fused-ring (bicyclic) bond motifs is 8. The van der Waals surface area contributed by atoms with Gasteiger partial charge in [0.15, 0.2) is 0 Å². The van der Waals surface area contributed by atoms with Gasteiger partial charge in [0.05, 0.1) is 0 Å². The smallest absolute Gasteiger partial charge is 0.664 e. The third kappa shape index (κ3) is 3.39. The predicted octanol–water partition coefficient (Wildman–Crippen LogP) is 2.19. The summed E-state index contributed by atoms with van der Waals surface area (Å²) in [5, 5.41) is 0. The van der Waals surface area contributed by atoms with Crippen molar-refractivity contribution in [1.29, 1.82) is 0 Å². The fourth-order valence-corrected chi connectivity index (χ4v) is 3.34. The first kappa shape index (κ1) is 16.1. The molecule has 8 bridgehead atoms. The van der Waals surface area contributed by atoms with Gasteiger partial charge >= 0.3 is 17.1 Å². The molecule has 0 aliphatic carbocycles. The van der Waals surface area contributed by atoms with E-state index in [1.807, 2.05) is 0 Å². The first-order valence-corrected chi connectivity index (χ1v) is 8.26. The molecule has 1 aliphatic heterocycles. The zero-order valence-corrected chi connectivity index (χ0v) is 14.7. The zero-order chi connectivity index (χ0) is 15.9. The average Bonchev–Trinajstić information content (AvgIpc) is 3.32. The molecule has 25 heavy (non-hydrogen) atoms. The second kappa shape index (κ2) is 6.51. The molecule has 4 aromatic rings. The molecule has 5 heteroatoms. The predicted molar refractivity (Wildman–Crippen MR) is 90.3 cm³/mol. The molecule has 4 aromatic heterocycles. The Labute approximate surface area is 156 Å². The SMILES string of the molecule is [Fe+4].c1cc2[n-]c1Cc1ccc([n-]1)Cc1ccc([n-]1)Cc1ccc([n-]1)C2. The molecule has 4 nitrogen and oxygen atoms in total. The van der Waals surface area contributed by atoms with Crippen LogP contribution in [0, 0.1) is 0 Å². The molecule has 0 N–H and O–H groups in total. The van der Waals surface area contributed by atoms with Crippen LogP contribution in [0.25, 0.3) is 0 Å². The van der Waals surface area contributed by atoms with Crippen LogP contribution in [0.2, 0.25) is 0 Å². The van der Waals surface area contributed by atoms with Crippen LogP contribution in [0.1, 0.15) is 45.6 Å². The van der Waals surface area contributed by atoms with E-state index in [1.165, 1.54) is 0 Å². The summed E-state index contributed by atoms with van der Waals surface area (Å²) in [6.45, 7) is 0. The number of rotatable bonds is 0. The first-order chi connectivity index (χ1) is 11.8. The topological polar surface area (TPSA) is 56.4 Å². The van der Waals surface area contributed by atoms with E-state index in [-0.39, 0.29) is 17.1 Å². The van der Waals surface area contributed by atoms with Crippen molar-refractivity contribution < 1.29 is 17.1 Å². The van der Waals surface area contributed by atoms with Crippen molar-refractivity contribution in [2.45, 2.75) is 25.7 Å². The molecular formula is C20H16FeN4. The number of nitrogens with zero attached hydrogens (tertiary/aromatic N) is 4. The summed E-state index contributed by atoms with van der Waals surface area (Å²) in [7, 11) is 0. The normalized spacial score (nSPS) is 13.4. The Hall–Kier alpha value is -2.36. The van der Waals surface area contributed by atoms with Crippen LogP contribution in [-0.2, 0) is 42.8 Å². The Balaban J connectivity index is 0.00000157. The van der Waals surface area contributed by atoms with Gasteiger partial charge in [0.2, 0.25) is 0 Å². The van der Waals surface area contributed by atoms with E-state index in [1.54, 1.807) is 0 Å². The molecule has 1 aliphatic rings. The van der Waals surface area contributed by atoms with Gasteiger partial charge in [-0.1, -0.05) is 48.5 Å². The summed E-state index contributed by atoms with van der Waals surface area (Å²) < 4.78 is 0. The molecule has 0 fully saturated rings. The van der Waals surface area contributed by atoms with Gasteiger partial charge in [-0.25, -0.2) is 0 Å². The van der Waals surface area contributed by atoms with Crippen molar-refractivity contribution in [2.75, 3.05) is 0 Å². The average molecular weight is 368 g/mol. The molecule has 0 saturated heterocycles. The first-order valence-electron chi connectivity index (χ1n) is 8.26. The molecule has 0 atom stereocenters. The Kier molecular flexibility index (Phi) is 4.20. The summed E-state index contributed by atoms with van der Waals surface area (Å²) in [5.41, 5.74) is 8.57. The molecule has 0 spiro atoms. The third-order valence-corrected chi connectivity index (χ3v) is 4.47. The van der Waals surface area contributed by atoms with Crippen LogP contribution in [0.15, 0.2) is 48.5 Å². The van der Waals surface area contributed by atoms with E-state index in [9.17, 15) is 0 Å². The van der Waals surface area contributed by atoms with Crippen LogP contribution in [0.4, 0.5) is 0 Å². The van der Waals surface area contributed by atoms with Gasteiger partial charge in [-0.3, -0.25) is 0 Å². The summed E-state index contributed by atoms with van der Waals surface area (Å²) in [4.78, 5) is 18.9. The van der Waals surface area contributed by atoms with E-state index < -0.39 is 0 Å². The second-order valence-corrected chi connectivity index (χ2v) is 6.42. The standard InChI is InChI=1S/C20H16N4.Fe/c1-2-14-10-16-5-6-18(23-16)12-20-8-7-19(24-20)11-17-4-3-15(22-17)9-13(1)21-14;/h1-8H,9-12H2;/q-4;+4. The van der Waals surface area contributed by atoms with Crippen LogP contribution < -0.4 is 19.9 Å². The maximum atomic E-state index is 4.73. The summed E-state index contributed by atoms with van der Waals surface area (Å²) >= 11 is 0. The third-order valence-electron chi connectivity index (χ3n) is 4.47. The fraction of sp³-hybridized carbons (Fsp3) is 0.200. The maximum Gasteiger partial charge on any atom is 4.00 e. The van der Waals surface area contributed by atoms with Gasteiger partial charge in [-0.2, -0.15) is 45.6 Å². The molecule has 0 saturated carbocycles. The molecule has 0 amide bonds. The second-order valence-electron chi connectivity index (χ2n) is 6.42. The van der Waals surface area contributed by atoms with Crippen molar-refractivity contribution in [3.8, 4) is 0 Å². The molecule has 0 aromatic carbocycles. The Morgan fingerprint density at radius 1 is 0.360 bits per heavy atom. The van der Waals surface area contributed by atoms with Gasteiger partial charge in [0, 0.05) is 0 Å². The zero-order valence-electron chi connectivity index (χ0n) is 13.6. The van der Waals surface area contributed by atoms with E-state index in [0.29, 0.717) is 0 Å². The van der Waals surface area contributed by atoms with Crippen molar-refractivity contribution in [2.24, 2.45) is 0 Å². The minimum Gasteiger partial charge on any atom is -0.664 e. The monoisotopic (exact) mass is 368 g/mol. The Morgan fingerprint density at radius 3 is 0.680 bits per heavy atom. The maximum absolute atomic E-state index is 4.73. The van der Waals surface area contributed by atoms with Crippen molar-refractivity contribution in [3.63, 3.8) is 0 Å². The van der Waals surface area contributed by atoms with Gasteiger partial charge in [0.1, 0.15) is 0 Å². The summed E-state index contributed by atoms with van der Waals surface area (Å²) in [6, 6.07) is 16.7. The molecule has 5 heterocycles. The minimum atomic E-state index is 0. The van der Waals surface area contributed by atoms with Crippen LogP contribution in [0.5, 0.6) is 0 Å². The Bertz CT molecular complexity index is 758. The van der Waals surface area contributed by atoms with Gasteiger partial charge in [-0.15, -0.1) is 0 Å². The van der Waals surface area contributed by atoms with Crippen LogP contribution in [-0.4, -0.2) is 0 Å². The summed E-state index contributed by atoms with van der Waals surface area (Å²) in [6.07, 6.45) is 3.11. The van der Waals surface area contributed by atoms with E-state index in [0.717, 1.165) is 71.2 Å². The van der Waals surface area contributed by atoms with Gasteiger partial charge < -0.3 is 19.9 Å². The number of aromatic nitrogens is 4. The van der Waals surface area contributed by atoms with E-state index in [4.69, 9.17) is 19.9 Å². The van der Waals surface area contributed by atoms with E-state index >= 15 is 0 Å². The van der Waals surface area contributed by atoms with Crippen LogP contribution in [0.3, 0.4) is 0 Å². The van der Waals surface area contributed by atoms with Crippen LogP contribution >= 0.6 is 0 Å². The Morgan fingerprint density at radius 2 is 0.520 bits per heavy atom. The fourth-order valence-electron chi connectivity index (χ4n) is 3.34. The minimum absolute atomic E-state index is 0. The number of hydrogen-bond acceptors (Lipinski definition) is 0. The van der Waals surface area contributed by atoms with Gasteiger partial charge in [0.25, 0.3) is 0 Å². The quantitative estimate of drug-likeness (QED) is 0.393. The molecule has 0 radical (unpaired) electrons.